The van der Waals surface area contributed by atoms with Crippen LogP contribution in [0, 0.1) is 13.8 Å². The first-order valence-corrected chi connectivity index (χ1v) is 6.25. The molecule has 4 heteroatoms. The van der Waals surface area contributed by atoms with E-state index in [0.29, 0.717) is 6.04 Å². The topological polar surface area (TPSA) is 37.8 Å². The largest absolute Gasteiger partial charge is 0.314 e. The average Bonchev–Trinajstić information content (AvgIpc) is 2.10. The molecule has 0 aliphatic rings. The third kappa shape index (κ3) is 5.14. The summed E-state index contributed by atoms with van der Waals surface area (Å²) < 4.78 is 0. The molecule has 0 saturated carbocycles. The standard InChI is InChI=1S/C11H19N3S/c1-8(2)12-5-6-15-11-13-9(3)7-10(4)14-11/h7-8,12H,5-6H2,1-4H3. The first-order valence-electron chi connectivity index (χ1n) is 5.26. The highest BCUT2D eigenvalue weighted by atomic mass is 32.2. The SMILES string of the molecule is Cc1cc(C)nc(SCCNC(C)C)n1. The molecule has 15 heavy (non-hydrogen) atoms. The maximum absolute atomic E-state index is 4.37. The van der Waals surface area contributed by atoms with E-state index < -0.39 is 0 Å². The highest BCUT2D eigenvalue weighted by Gasteiger charge is 2.00. The molecule has 1 heterocycles. The fraction of sp³-hybridized carbons (Fsp3) is 0.636. The Morgan fingerprint density at radius 1 is 1.27 bits per heavy atom. The van der Waals surface area contributed by atoms with E-state index in [4.69, 9.17) is 0 Å². The van der Waals surface area contributed by atoms with E-state index in [1.807, 2.05) is 19.9 Å². The highest BCUT2D eigenvalue weighted by molar-refractivity contribution is 7.99. The van der Waals surface area contributed by atoms with Crippen molar-refractivity contribution in [3.63, 3.8) is 0 Å². The second-order valence-corrected chi connectivity index (χ2v) is 4.95. The summed E-state index contributed by atoms with van der Waals surface area (Å²) in [6, 6.07) is 2.54. The molecule has 0 radical (unpaired) electrons. The molecule has 1 rings (SSSR count). The van der Waals surface area contributed by atoms with Gasteiger partial charge in [-0.1, -0.05) is 25.6 Å². The van der Waals surface area contributed by atoms with Crippen molar-refractivity contribution >= 4 is 11.8 Å². The Morgan fingerprint density at radius 2 is 1.87 bits per heavy atom. The maximum Gasteiger partial charge on any atom is 0.188 e. The summed E-state index contributed by atoms with van der Waals surface area (Å²) >= 11 is 1.71. The summed E-state index contributed by atoms with van der Waals surface area (Å²) in [6.45, 7) is 9.31. The van der Waals surface area contributed by atoms with Gasteiger partial charge in [0.05, 0.1) is 0 Å². The van der Waals surface area contributed by atoms with Crippen LogP contribution in [0.2, 0.25) is 0 Å². The Hall–Kier alpha value is -0.610. The van der Waals surface area contributed by atoms with E-state index in [2.05, 4.69) is 29.1 Å². The summed E-state index contributed by atoms with van der Waals surface area (Å²) in [6.07, 6.45) is 0. The summed E-state index contributed by atoms with van der Waals surface area (Å²) in [7, 11) is 0. The zero-order valence-corrected chi connectivity index (χ0v) is 10.7. The molecule has 0 atom stereocenters. The Morgan fingerprint density at radius 3 is 2.40 bits per heavy atom. The molecule has 0 fully saturated rings. The molecule has 0 spiro atoms. The lowest BCUT2D eigenvalue weighted by molar-refractivity contribution is 0.615. The number of nitrogens with zero attached hydrogens (tertiary/aromatic N) is 2. The van der Waals surface area contributed by atoms with Crippen LogP contribution in [0.25, 0.3) is 0 Å². The lowest BCUT2D eigenvalue weighted by atomic mass is 10.4. The van der Waals surface area contributed by atoms with Gasteiger partial charge in [-0.15, -0.1) is 0 Å². The Balaban J connectivity index is 2.37. The first-order chi connectivity index (χ1) is 7.08. The van der Waals surface area contributed by atoms with Crippen LogP contribution in [0.15, 0.2) is 11.2 Å². The molecule has 0 aromatic carbocycles. The van der Waals surface area contributed by atoms with Crippen LogP contribution < -0.4 is 5.32 Å². The first kappa shape index (κ1) is 12.5. The lowest BCUT2D eigenvalue weighted by Gasteiger charge is -2.07. The van der Waals surface area contributed by atoms with Crippen molar-refractivity contribution < 1.29 is 0 Å². The van der Waals surface area contributed by atoms with Gasteiger partial charge in [0.25, 0.3) is 0 Å². The van der Waals surface area contributed by atoms with Crippen molar-refractivity contribution in [2.24, 2.45) is 0 Å². The van der Waals surface area contributed by atoms with Crippen LogP contribution in [0.3, 0.4) is 0 Å². The van der Waals surface area contributed by atoms with Crippen molar-refractivity contribution in [2.75, 3.05) is 12.3 Å². The molecule has 0 aliphatic heterocycles. The third-order valence-electron chi connectivity index (χ3n) is 1.85. The number of rotatable bonds is 5. The van der Waals surface area contributed by atoms with Gasteiger partial charge in [0.2, 0.25) is 0 Å². The van der Waals surface area contributed by atoms with Gasteiger partial charge in [-0.25, -0.2) is 9.97 Å². The van der Waals surface area contributed by atoms with Gasteiger partial charge in [0.15, 0.2) is 5.16 Å². The molecule has 3 nitrogen and oxygen atoms in total. The minimum Gasteiger partial charge on any atom is -0.314 e. The predicted molar refractivity (Wildman–Crippen MR) is 65.4 cm³/mol. The minimum absolute atomic E-state index is 0.547. The van der Waals surface area contributed by atoms with Crippen molar-refractivity contribution in [1.82, 2.24) is 15.3 Å². The normalized spacial score (nSPS) is 11.0. The average molecular weight is 225 g/mol. The molecule has 0 bridgehead atoms. The predicted octanol–water partition coefficient (Wildman–Crippen LogP) is 2.18. The van der Waals surface area contributed by atoms with Gasteiger partial charge in [0, 0.05) is 29.7 Å². The van der Waals surface area contributed by atoms with Crippen LogP contribution in [-0.4, -0.2) is 28.3 Å². The number of aromatic nitrogens is 2. The second-order valence-electron chi connectivity index (χ2n) is 3.89. The van der Waals surface area contributed by atoms with Crippen LogP contribution in [0.1, 0.15) is 25.2 Å². The molecular formula is C11H19N3S. The fourth-order valence-electron chi connectivity index (χ4n) is 1.25. The molecule has 84 valence electrons. The maximum atomic E-state index is 4.37. The number of hydrogen-bond donors (Lipinski definition) is 1. The van der Waals surface area contributed by atoms with Gasteiger partial charge in [-0.05, 0) is 19.9 Å². The lowest BCUT2D eigenvalue weighted by Crippen LogP contribution is -2.25. The minimum atomic E-state index is 0.547. The Labute approximate surface area is 96.1 Å². The van der Waals surface area contributed by atoms with Crippen LogP contribution in [-0.2, 0) is 0 Å². The van der Waals surface area contributed by atoms with Gasteiger partial charge in [-0.3, -0.25) is 0 Å². The smallest absolute Gasteiger partial charge is 0.188 e. The molecule has 0 unspecified atom stereocenters. The summed E-state index contributed by atoms with van der Waals surface area (Å²) in [5.74, 6) is 1.01. The van der Waals surface area contributed by atoms with Crippen LogP contribution in [0.4, 0.5) is 0 Å². The molecule has 0 amide bonds. The summed E-state index contributed by atoms with van der Waals surface area (Å²) in [5.41, 5.74) is 2.09. The fourth-order valence-corrected chi connectivity index (χ4v) is 2.07. The van der Waals surface area contributed by atoms with E-state index in [9.17, 15) is 0 Å². The molecule has 1 aromatic rings. The van der Waals surface area contributed by atoms with Gasteiger partial charge in [-0.2, -0.15) is 0 Å². The monoisotopic (exact) mass is 225 g/mol. The van der Waals surface area contributed by atoms with Crippen molar-refractivity contribution in [2.45, 2.75) is 38.9 Å². The zero-order valence-electron chi connectivity index (χ0n) is 9.87. The molecule has 0 aliphatic carbocycles. The Bertz CT molecular complexity index is 292. The zero-order chi connectivity index (χ0) is 11.3. The van der Waals surface area contributed by atoms with Crippen molar-refractivity contribution in [1.29, 1.82) is 0 Å². The van der Waals surface area contributed by atoms with Gasteiger partial charge in [0.1, 0.15) is 0 Å². The van der Waals surface area contributed by atoms with Crippen molar-refractivity contribution in [3.05, 3.63) is 17.5 Å². The van der Waals surface area contributed by atoms with E-state index in [-0.39, 0.29) is 0 Å². The second kappa shape index (κ2) is 6.08. The van der Waals surface area contributed by atoms with Crippen molar-refractivity contribution in [3.8, 4) is 0 Å². The van der Waals surface area contributed by atoms with E-state index in [1.165, 1.54) is 0 Å². The molecular weight excluding hydrogens is 206 g/mol. The molecule has 1 aromatic heterocycles. The number of hydrogen-bond acceptors (Lipinski definition) is 4. The quantitative estimate of drug-likeness (QED) is 0.473. The van der Waals surface area contributed by atoms with Gasteiger partial charge < -0.3 is 5.32 Å². The summed E-state index contributed by atoms with van der Waals surface area (Å²) in [4.78, 5) is 8.75. The third-order valence-corrected chi connectivity index (χ3v) is 2.70. The van der Waals surface area contributed by atoms with Crippen LogP contribution >= 0.6 is 11.8 Å². The van der Waals surface area contributed by atoms with Gasteiger partial charge >= 0.3 is 0 Å². The summed E-state index contributed by atoms with van der Waals surface area (Å²) in [5, 5.41) is 4.26. The number of thioether (sulfide) groups is 1. The Kier molecular flexibility index (Phi) is 5.05. The van der Waals surface area contributed by atoms with E-state index in [1.54, 1.807) is 11.8 Å². The molecule has 0 saturated heterocycles. The van der Waals surface area contributed by atoms with E-state index >= 15 is 0 Å². The number of aryl methyl sites for hydroxylation is 2. The molecule has 1 N–H and O–H groups in total. The highest BCUT2D eigenvalue weighted by Crippen LogP contribution is 2.12. The van der Waals surface area contributed by atoms with E-state index in [0.717, 1.165) is 28.8 Å². The number of nitrogens with one attached hydrogen (secondary N) is 1. The van der Waals surface area contributed by atoms with Crippen LogP contribution in [0.5, 0.6) is 0 Å².